The highest BCUT2D eigenvalue weighted by Crippen LogP contribution is 2.56. The molecule has 1 aromatic heterocycles. The maximum absolute atomic E-state index is 14.7. The number of rotatable bonds is 3. The van der Waals surface area contributed by atoms with Crippen LogP contribution in [0.15, 0.2) is 10.5 Å². The van der Waals surface area contributed by atoms with E-state index in [0.29, 0.717) is 17.6 Å². The summed E-state index contributed by atoms with van der Waals surface area (Å²) in [6.45, 7) is 2.85. The lowest BCUT2D eigenvalue weighted by atomic mass is 9.87. The lowest BCUT2D eigenvalue weighted by Gasteiger charge is -2.32. The Balaban J connectivity index is 2.96. The molecule has 25 heavy (non-hydrogen) atoms. The highest BCUT2D eigenvalue weighted by Gasteiger charge is 2.74. The third kappa shape index (κ3) is 3.27. The lowest BCUT2D eigenvalue weighted by Crippen LogP contribution is -2.50. The van der Waals surface area contributed by atoms with Crippen LogP contribution in [0.2, 0.25) is 0 Å². The average molecular weight is 450 g/mol. The molecular weight excluding hydrogens is 441 g/mol. The smallest absolute Gasteiger partial charge is 0.218 e. The van der Waals surface area contributed by atoms with Gasteiger partial charge < -0.3 is 0 Å². The molecule has 0 bridgehead atoms. The number of nitrogens with zero attached hydrogens (tertiary/aromatic N) is 2. The molecule has 0 fully saturated rings. The molecule has 0 unspecified atom stereocenters. The number of benzene rings is 1. The van der Waals surface area contributed by atoms with Crippen LogP contribution in [-0.2, 0) is 12.1 Å². The van der Waals surface area contributed by atoms with Crippen molar-refractivity contribution in [1.82, 2.24) is 9.59 Å². The van der Waals surface area contributed by atoms with Gasteiger partial charge in [0.1, 0.15) is 0 Å². The van der Waals surface area contributed by atoms with E-state index in [1.54, 1.807) is 0 Å². The first kappa shape index (κ1) is 20.1. The van der Waals surface area contributed by atoms with E-state index in [4.69, 9.17) is 0 Å². The second kappa shape index (κ2) is 6.49. The average Bonchev–Trinajstić information content (AvgIpc) is 2.88. The molecule has 137 valence electrons. The molecule has 2 aromatic rings. The van der Waals surface area contributed by atoms with Crippen molar-refractivity contribution < 1.29 is 30.7 Å². The van der Waals surface area contributed by atoms with Crippen molar-refractivity contribution >= 4 is 27.5 Å². The molecule has 1 aromatic carbocycles. The highest BCUT2D eigenvalue weighted by molar-refractivity contribution is 9.10. The predicted molar refractivity (Wildman–Crippen MR) is 80.9 cm³/mol. The van der Waals surface area contributed by atoms with Crippen LogP contribution >= 0.6 is 27.5 Å². The number of hydrogen-bond donors (Lipinski definition) is 0. The van der Waals surface area contributed by atoms with E-state index in [0.717, 1.165) is 0 Å². The molecule has 0 atom stereocenters. The first-order valence-electron chi connectivity index (χ1n) is 6.71. The molecule has 2 nitrogen and oxygen atoms in total. The SMILES string of the molecule is CCc1[c]c(Br)c(-c2snnc2C)c(C(F)(C(F)(F)F)C(F)(F)F)c1. The van der Waals surface area contributed by atoms with Crippen LogP contribution in [0.4, 0.5) is 30.7 Å². The summed E-state index contributed by atoms with van der Waals surface area (Å²) in [6.07, 6.45) is -12.4. The summed E-state index contributed by atoms with van der Waals surface area (Å²) in [5.74, 6) is 0. The summed E-state index contributed by atoms with van der Waals surface area (Å²) in [4.78, 5) is -0.101. The van der Waals surface area contributed by atoms with E-state index in [9.17, 15) is 30.7 Å². The summed E-state index contributed by atoms with van der Waals surface area (Å²) in [6, 6.07) is 3.16. The normalized spacial score (nSPS) is 13.4. The molecule has 0 aliphatic heterocycles. The molecule has 0 aliphatic rings. The fraction of sp³-hybridized carbons (Fsp3) is 0.429. The van der Waals surface area contributed by atoms with Crippen molar-refractivity contribution in [3.05, 3.63) is 33.4 Å². The number of hydrogen-bond acceptors (Lipinski definition) is 3. The van der Waals surface area contributed by atoms with Crippen molar-refractivity contribution in [2.24, 2.45) is 0 Å². The van der Waals surface area contributed by atoms with Gasteiger partial charge in [0.05, 0.1) is 10.6 Å². The Hall–Kier alpha value is -1.23. The molecule has 0 amide bonds. The minimum atomic E-state index is -6.21. The minimum Gasteiger partial charge on any atom is -0.218 e. The van der Waals surface area contributed by atoms with Crippen molar-refractivity contribution in [3.8, 4) is 10.4 Å². The van der Waals surface area contributed by atoms with Gasteiger partial charge in [-0.1, -0.05) is 17.5 Å². The second-order valence-electron chi connectivity index (χ2n) is 5.09. The fourth-order valence-electron chi connectivity index (χ4n) is 2.21. The number of halogens is 8. The van der Waals surface area contributed by atoms with Crippen molar-refractivity contribution in [2.75, 3.05) is 0 Å². The molecule has 0 saturated heterocycles. The van der Waals surface area contributed by atoms with Gasteiger partial charge >= 0.3 is 18.0 Å². The van der Waals surface area contributed by atoms with Crippen LogP contribution in [0, 0.1) is 13.0 Å². The zero-order valence-corrected chi connectivity index (χ0v) is 15.0. The topological polar surface area (TPSA) is 25.8 Å². The zero-order chi connectivity index (χ0) is 19.2. The van der Waals surface area contributed by atoms with E-state index in [-0.39, 0.29) is 27.0 Å². The van der Waals surface area contributed by atoms with Gasteiger partial charge in [0, 0.05) is 21.7 Å². The summed E-state index contributed by atoms with van der Waals surface area (Å²) < 4.78 is 97.3. The molecule has 0 aliphatic carbocycles. The van der Waals surface area contributed by atoms with Crippen LogP contribution in [0.5, 0.6) is 0 Å². The van der Waals surface area contributed by atoms with Gasteiger partial charge in [0.2, 0.25) is 0 Å². The van der Waals surface area contributed by atoms with E-state index in [1.807, 2.05) is 0 Å². The van der Waals surface area contributed by atoms with Crippen LogP contribution < -0.4 is 0 Å². The van der Waals surface area contributed by atoms with E-state index in [1.165, 1.54) is 13.8 Å². The van der Waals surface area contributed by atoms with Crippen molar-refractivity contribution in [3.63, 3.8) is 0 Å². The molecule has 11 heteroatoms. The van der Waals surface area contributed by atoms with Crippen LogP contribution in [-0.4, -0.2) is 21.9 Å². The largest absolute Gasteiger partial charge is 0.435 e. The second-order valence-corrected chi connectivity index (χ2v) is 6.64. The summed E-state index contributed by atoms with van der Waals surface area (Å²) in [7, 11) is 0. The standard InChI is InChI=1S/C14H9BrF7N2S/c1-3-7-4-8(12(16,13(17,18)19)14(20,21)22)10(9(15)5-7)11-6(2)23-24-25-11/h4H,3H2,1-2H3. The van der Waals surface area contributed by atoms with Gasteiger partial charge in [0.15, 0.2) is 0 Å². The monoisotopic (exact) mass is 449 g/mol. The Bertz CT molecular complexity index is 768. The van der Waals surface area contributed by atoms with Gasteiger partial charge in [0.25, 0.3) is 0 Å². The molecular formula is C14H9BrF7N2S. The maximum Gasteiger partial charge on any atom is 0.435 e. The summed E-state index contributed by atoms with van der Waals surface area (Å²) >= 11 is 3.48. The molecule has 2 rings (SSSR count). The van der Waals surface area contributed by atoms with Gasteiger partial charge in [-0.25, -0.2) is 4.39 Å². The summed E-state index contributed by atoms with van der Waals surface area (Å²) in [5, 5.41) is 3.57. The third-order valence-electron chi connectivity index (χ3n) is 3.49. The fourth-order valence-corrected chi connectivity index (χ4v) is 3.73. The minimum absolute atomic E-state index is 0.00345. The van der Waals surface area contributed by atoms with Crippen LogP contribution in [0.3, 0.4) is 0 Å². The molecule has 0 N–H and O–H groups in total. The predicted octanol–water partition coefficient (Wildman–Crippen LogP) is 5.93. The quantitative estimate of drug-likeness (QED) is 0.542. The first-order chi connectivity index (χ1) is 11.3. The number of alkyl halides is 7. The Morgan fingerprint density at radius 1 is 1.12 bits per heavy atom. The van der Waals surface area contributed by atoms with Crippen molar-refractivity contribution in [1.29, 1.82) is 0 Å². The Kier molecular flexibility index (Phi) is 5.22. The Morgan fingerprint density at radius 2 is 1.68 bits per heavy atom. The number of aromatic nitrogens is 2. The Labute approximate surface area is 150 Å². The van der Waals surface area contributed by atoms with Gasteiger partial charge in [-0.05, 0) is 46.4 Å². The third-order valence-corrected chi connectivity index (χ3v) is 4.93. The van der Waals surface area contributed by atoms with E-state index >= 15 is 0 Å². The zero-order valence-electron chi connectivity index (χ0n) is 12.6. The molecule has 0 spiro atoms. The van der Waals surface area contributed by atoms with Crippen molar-refractivity contribution in [2.45, 2.75) is 38.3 Å². The molecule has 0 saturated carbocycles. The van der Waals surface area contributed by atoms with Gasteiger partial charge in [-0.3, -0.25) is 0 Å². The molecule has 1 heterocycles. The lowest BCUT2D eigenvalue weighted by molar-refractivity contribution is -0.348. The first-order valence-corrected chi connectivity index (χ1v) is 8.28. The number of aryl methyl sites for hydroxylation is 2. The van der Waals surface area contributed by atoms with E-state index in [2.05, 4.69) is 31.6 Å². The van der Waals surface area contributed by atoms with Gasteiger partial charge in [-0.15, -0.1) is 5.10 Å². The highest BCUT2D eigenvalue weighted by atomic mass is 79.9. The van der Waals surface area contributed by atoms with E-state index < -0.39 is 29.1 Å². The van der Waals surface area contributed by atoms with Crippen LogP contribution in [0.25, 0.3) is 10.4 Å². The molecule has 1 radical (unpaired) electrons. The Morgan fingerprint density at radius 3 is 2.08 bits per heavy atom. The maximum atomic E-state index is 14.7. The van der Waals surface area contributed by atoms with Gasteiger partial charge in [-0.2, -0.15) is 26.3 Å². The summed E-state index contributed by atoms with van der Waals surface area (Å²) in [5.41, 5.74) is -7.63. The van der Waals surface area contributed by atoms with Crippen LogP contribution in [0.1, 0.15) is 23.7 Å².